The summed E-state index contributed by atoms with van der Waals surface area (Å²) >= 11 is 0. The molecule has 1 heterocycles. The number of furan rings is 1. The normalized spacial score (nSPS) is 12.7. The second kappa shape index (κ2) is 4.70. The monoisotopic (exact) mass is 182 g/mol. The zero-order valence-electron chi connectivity index (χ0n) is 7.69. The van der Waals surface area contributed by atoms with Crippen LogP contribution in [-0.2, 0) is 4.79 Å². The molecule has 0 bridgehead atoms. The summed E-state index contributed by atoms with van der Waals surface area (Å²) in [5, 5.41) is 8.44. The lowest BCUT2D eigenvalue weighted by Crippen LogP contribution is -1.97. The molecule has 72 valence electrons. The number of rotatable bonds is 5. The summed E-state index contributed by atoms with van der Waals surface area (Å²) in [4.78, 5) is 10.2. The fourth-order valence-electron chi connectivity index (χ4n) is 1.28. The molecule has 0 aliphatic carbocycles. The SMILES string of the molecule is CC(CCCC(=O)O)c1ccoc1. The molecule has 1 aromatic heterocycles. The third kappa shape index (κ3) is 3.32. The quantitative estimate of drug-likeness (QED) is 0.761. The second-order valence-corrected chi connectivity index (χ2v) is 3.24. The van der Waals surface area contributed by atoms with Crippen LogP contribution in [0.1, 0.15) is 37.7 Å². The van der Waals surface area contributed by atoms with E-state index in [1.54, 1.807) is 12.5 Å². The summed E-state index contributed by atoms with van der Waals surface area (Å²) in [5.74, 6) is -0.336. The average molecular weight is 182 g/mol. The maximum Gasteiger partial charge on any atom is 0.303 e. The highest BCUT2D eigenvalue weighted by molar-refractivity contribution is 5.66. The maximum atomic E-state index is 10.2. The van der Waals surface area contributed by atoms with E-state index in [2.05, 4.69) is 6.92 Å². The molecule has 0 fully saturated rings. The molecular formula is C10H14O3. The van der Waals surface area contributed by atoms with Crippen LogP contribution < -0.4 is 0 Å². The number of hydrogen-bond donors (Lipinski definition) is 1. The lowest BCUT2D eigenvalue weighted by molar-refractivity contribution is -0.137. The first-order valence-electron chi connectivity index (χ1n) is 4.44. The van der Waals surface area contributed by atoms with Crippen molar-refractivity contribution < 1.29 is 14.3 Å². The van der Waals surface area contributed by atoms with Gasteiger partial charge in [0, 0.05) is 6.42 Å². The minimum atomic E-state index is -0.723. The summed E-state index contributed by atoms with van der Waals surface area (Å²) in [6.07, 6.45) is 5.23. The van der Waals surface area contributed by atoms with Gasteiger partial charge in [0.1, 0.15) is 0 Å². The molecule has 1 atom stereocenters. The highest BCUT2D eigenvalue weighted by Gasteiger charge is 2.07. The summed E-state index contributed by atoms with van der Waals surface area (Å²) in [6, 6.07) is 1.92. The highest BCUT2D eigenvalue weighted by atomic mass is 16.4. The topological polar surface area (TPSA) is 50.4 Å². The van der Waals surface area contributed by atoms with Crippen LogP contribution in [-0.4, -0.2) is 11.1 Å². The molecule has 1 rings (SSSR count). The van der Waals surface area contributed by atoms with Gasteiger partial charge in [-0.05, 0) is 30.4 Å². The van der Waals surface area contributed by atoms with Crippen LogP contribution in [0.15, 0.2) is 23.0 Å². The van der Waals surface area contributed by atoms with Crippen LogP contribution in [0, 0.1) is 0 Å². The smallest absolute Gasteiger partial charge is 0.303 e. The van der Waals surface area contributed by atoms with E-state index in [1.807, 2.05) is 6.07 Å². The number of carboxylic acid groups (broad SMARTS) is 1. The summed E-state index contributed by atoms with van der Waals surface area (Å²) in [7, 11) is 0. The van der Waals surface area contributed by atoms with Crippen molar-refractivity contribution in [1.29, 1.82) is 0 Å². The Bertz CT molecular complexity index is 251. The second-order valence-electron chi connectivity index (χ2n) is 3.24. The van der Waals surface area contributed by atoms with Gasteiger partial charge < -0.3 is 9.52 Å². The van der Waals surface area contributed by atoms with E-state index in [0.29, 0.717) is 5.92 Å². The van der Waals surface area contributed by atoms with Crippen molar-refractivity contribution in [2.75, 3.05) is 0 Å². The van der Waals surface area contributed by atoms with Gasteiger partial charge in [0.25, 0.3) is 0 Å². The molecule has 1 unspecified atom stereocenters. The molecule has 13 heavy (non-hydrogen) atoms. The van der Waals surface area contributed by atoms with Crippen molar-refractivity contribution in [2.24, 2.45) is 0 Å². The molecule has 1 N–H and O–H groups in total. The van der Waals surface area contributed by atoms with Crippen molar-refractivity contribution in [3.63, 3.8) is 0 Å². The molecule has 0 aliphatic heterocycles. The number of carboxylic acids is 1. The van der Waals surface area contributed by atoms with E-state index in [0.717, 1.165) is 18.4 Å². The average Bonchev–Trinajstić information content (AvgIpc) is 2.55. The van der Waals surface area contributed by atoms with Gasteiger partial charge in [0.15, 0.2) is 0 Å². The number of aliphatic carboxylic acids is 1. The van der Waals surface area contributed by atoms with E-state index in [-0.39, 0.29) is 6.42 Å². The molecule has 3 nitrogen and oxygen atoms in total. The van der Waals surface area contributed by atoms with E-state index in [1.165, 1.54) is 0 Å². The standard InChI is InChI=1S/C10H14O3/c1-8(3-2-4-10(11)12)9-5-6-13-7-9/h5-8H,2-4H2,1H3,(H,11,12). The van der Waals surface area contributed by atoms with Crippen LogP contribution in [0.25, 0.3) is 0 Å². The lowest BCUT2D eigenvalue weighted by Gasteiger charge is -2.06. The predicted molar refractivity (Wildman–Crippen MR) is 48.6 cm³/mol. The Labute approximate surface area is 77.4 Å². The van der Waals surface area contributed by atoms with Crippen LogP contribution in [0.4, 0.5) is 0 Å². The Kier molecular flexibility index (Phi) is 3.55. The van der Waals surface area contributed by atoms with E-state index in [9.17, 15) is 4.79 Å². The summed E-state index contributed by atoms with van der Waals surface area (Å²) < 4.78 is 4.95. The first-order valence-corrected chi connectivity index (χ1v) is 4.44. The minimum Gasteiger partial charge on any atom is -0.481 e. The number of carbonyl (C=O) groups is 1. The Balaban J connectivity index is 2.26. The Morgan fingerprint density at radius 2 is 2.46 bits per heavy atom. The van der Waals surface area contributed by atoms with E-state index >= 15 is 0 Å². The Hall–Kier alpha value is -1.25. The van der Waals surface area contributed by atoms with Gasteiger partial charge in [-0.15, -0.1) is 0 Å². The lowest BCUT2D eigenvalue weighted by atomic mass is 9.98. The molecule has 0 saturated carbocycles. The summed E-state index contributed by atoms with van der Waals surface area (Å²) in [6.45, 7) is 2.08. The van der Waals surface area contributed by atoms with E-state index < -0.39 is 5.97 Å². The fourth-order valence-corrected chi connectivity index (χ4v) is 1.28. The molecule has 0 aliphatic rings. The molecule has 3 heteroatoms. The predicted octanol–water partition coefficient (Wildman–Crippen LogP) is 2.64. The van der Waals surface area contributed by atoms with Gasteiger partial charge in [-0.3, -0.25) is 4.79 Å². The highest BCUT2D eigenvalue weighted by Crippen LogP contribution is 2.21. The first kappa shape index (κ1) is 9.84. The zero-order chi connectivity index (χ0) is 9.68. The molecule has 0 spiro atoms. The van der Waals surface area contributed by atoms with Crippen LogP contribution >= 0.6 is 0 Å². The maximum absolute atomic E-state index is 10.2. The largest absolute Gasteiger partial charge is 0.481 e. The number of hydrogen-bond acceptors (Lipinski definition) is 2. The van der Waals surface area contributed by atoms with Gasteiger partial charge in [0.05, 0.1) is 12.5 Å². The van der Waals surface area contributed by atoms with Crippen LogP contribution in [0.5, 0.6) is 0 Å². The van der Waals surface area contributed by atoms with Crippen molar-refractivity contribution in [1.82, 2.24) is 0 Å². The molecule has 0 saturated heterocycles. The third-order valence-electron chi connectivity index (χ3n) is 2.14. The van der Waals surface area contributed by atoms with Crippen LogP contribution in [0.2, 0.25) is 0 Å². The fraction of sp³-hybridized carbons (Fsp3) is 0.500. The van der Waals surface area contributed by atoms with Gasteiger partial charge in [-0.25, -0.2) is 0 Å². The Morgan fingerprint density at radius 1 is 1.69 bits per heavy atom. The third-order valence-corrected chi connectivity index (χ3v) is 2.14. The van der Waals surface area contributed by atoms with Crippen LogP contribution in [0.3, 0.4) is 0 Å². The molecular weight excluding hydrogens is 168 g/mol. The molecule has 0 amide bonds. The first-order chi connectivity index (χ1) is 6.20. The molecule has 0 radical (unpaired) electrons. The minimum absolute atomic E-state index is 0.252. The molecule has 0 aromatic carbocycles. The van der Waals surface area contributed by atoms with Crippen molar-refractivity contribution in [3.05, 3.63) is 24.2 Å². The van der Waals surface area contributed by atoms with Gasteiger partial charge in [-0.1, -0.05) is 6.92 Å². The van der Waals surface area contributed by atoms with Crippen molar-refractivity contribution in [3.8, 4) is 0 Å². The molecule has 1 aromatic rings. The van der Waals surface area contributed by atoms with Crippen molar-refractivity contribution in [2.45, 2.75) is 32.1 Å². The van der Waals surface area contributed by atoms with Gasteiger partial charge in [0.2, 0.25) is 0 Å². The zero-order valence-corrected chi connectivity index (χ0v) is 7.69. The van der Waals surface area contributed by atoms with Gasteiger partial charge >= 0.3 is 5.97 Å². The van der Waals surface area contributed by atoms with Gasteiger partial charge in [-0.2, -0.15) is 0 Å². The summed E-state index contributed by atoms with van der Waals surface area (Å²) in [5.41, 5.74) is 1.14. The van der Waals surface area contributed by atoms with Crippen molar-refractivity contribution >= 4 is 5.97 Å². The van der Waals surface area contributed by atoms with E-state index in [4.69, 9.17) is 9.52 Å². The Morgan fingerprint density at radius 3 is 3.00 bits per heavy atom.